The average Bonchev–Trinajstić information content (AvgIpc) is 2.75. The summed E-state index contributed by atoms with van der Waals surface area (Å²) in [6.45, 7) is 12.2. The molecular formula is C28H34N2O3S. The zero-order valence-electron chi connectivity index (χ0n) is 21.1. The Morgan fingerprint density at radius 2 is 1.41 bits per heavy atom. The van der Waals surface area contributed by atoms with Gasteiger partial charge in [-0.3, -0.25) is 9.10 Å². The van der Waals surface area contributed by atoms with Gasteiger partial charge in [-0.25, -0.2) is 8.42 Å². The van der Waals surface area contributed by atoms with E-state index in [1.165, 1.54) is 21.7 Å². The molecular weight excluding hydrogens is 444 g/mol. The minimum atomic E-state index is -3.49. The Morgan fingerprint density at radius 1 is 0.853 bits per heavy atom. The lowest BCUT2D eigenvalue weighted by Crippen LogP contribution is -2.30. The van der Waals surface area contributed by atoms with Crippen molar-refractivity contribution in [3.8, 4) is 0 Å². The first-order valence-corrected chi connectivity index (χ1v) is 13.2. The van der Waals surface area contributed by atoms with Gasteiger partial charge in [0.2, 0.25) is 10.0 Å². The second-order valence-electron chi connectivity index (χ2n) is 9.20. The van der Waals surface area contributed by atoms with Crippen LogP contribution in [0.5, 0.6) is 0 Å². The summed E-state index contributed by atoms with van der Waals surface area (Å²) in [7, 11) is -3.49. The van der Waals surface area contributed by atoms with Gasteiger partial charge in [0, 0.05) is 5.56 Å². The first-order valence-electron chi connectivity index (χ1n) is 11.4. The van der Waals surface area contributed by atoms with E-state index in [0.717, 1.165) is 27.8 Å². The van der Waals surface area contributed by atoms with Gasteiger partial charge in [-0.1, -0.05) is 42.5 Å². The largest absolute Gasteiger partial charge is 0.346 e. The number of hydrogen-bond donors (Lipinski definition) is 1. The van der Waals surface area contributed by atoms with Crippen LogP contribution in [0.25, 0.3) is 0 Å². The van der Waals surface area contributed by atoms with Crippen LogP contribution in [0.2, 0.25) is 0 Å². The SMILES string of the molecule is Cc1cc(C)c([C@@H](C)NC(=O)c2ccc(CN(c3c(C)cccc3C)S(C)(=O)=O)cc2)cc1C. The molecule has 0 heterocycles. The molecule has 0 aliphatic rings. The Kier molecular flexibility index (Phi) is 7.51. The molecule has 0 radical (unpaired) electrons. The normalized spacial score (nSPS) is 12.3. The number of nitrogens with one attached hydrogen (secondary N) is 1. The molecule has 1 N–H and O–H groups in total. The van der Waals surface area contributed by atoms with Crippen LogP contribution in [0.4, 0.5) is 5.69 Å². The summed E-state index contributed by atoms with van der Waals surface area (Å²) in [6, 6.07) is 17.0. The van der Waals surface area contributed by atoms with Gasteiger partial charge in [0.15, 0.2) is 0 Å². The highest BCUT2D eigenvalue weighted by molar-refractivity contribution is 7.92. The third kappa shape index (κ3) is 5.68. The number of aryl methyl sites for hydroxylation is 5. The standard InChI is InChI=1S/C28H34N2O3S/c1-18-9-8-10-19(2)27(18)30(34(7,32)33)17-24-11-13-25(14-12-24)28(31)29-23(6)26-16-21(4)20(3)15-22(26)5/h8-16,23H,17H2,1-7H3,(H,29,31)/t23-/m1/s1. The lowest BCUT2D eigenvalue weighted by Gasteiger charge is -2.26. The molecule has 0 aromatic heterocycles. The van der Waals surface area contributed by atoms with Crippen molar-refractivity contribution in [2.75, 3.05) is 10.6 Å². The smallest absolute Gasteiger partial charge is 0.251 e. The highest BCUT2D eigenvalue weighted by Gasteiger charge is 2.22. The molecule has 5 nitrogen and oxygen atoms in total. The van der Waals surface area contributed by atoms with E-state index in [2.05, 4.69) is 38.2 Å². The fraction of sp³-hybridized carbons (Fsp3) is 0.321. The molecule has 6 heteroatoms. The van der Waals surface area contributed by atoms with Crippen LogP contribution >= 0.6 is 0 Å². The Hall–Kier alpha value is -3.12. The predicted molar refractivity (Wildman–Crippen MR) is 140 cm³/mol. The van der Waals surface area contributed by atoms with Gasteiger partial charge in [0.05, 0.1) is 24.5 Å². The molecule has 0 spiro atoms. The first-order chi connectivity index (χ1) is 15.9. The van der Waals surface area contributed by atoms with Crippen molar-refractivity contribution in [3.05, 3.63) is 99.1 Å². The lowest BCUT2D eigenvalue weighted by atomic mass is 9.96. The second-order valence-corrected chi connectivity index (χ2v) is 11.1. The van der Waals surface area contributed by atoms with Crippen molar-refractivity contribution in [2.45, 2.75) is 54.1 Å². The molecule has 0 aliphatic heterocycles. The number of hydrogen-bond acceptors (Lipinski definition) is 3. The molecule has 0 fully saturated rings. The molecule has 34 heavy (non-hydrogen) atoms. The summed E-state index contributed by atoms with van der Waals surface area (Å²) < 4.78 is 26.6. The molecule has 3 rings (SSSR count). The topological polar surface area (TPSA) is 66.5 Å². The van der Waals surface area contributed by atoms with Crippen LogP contribution in [0.1, 0.15) is 62.3 Å². The zero-order chi connectivity index (χ0) is 25.2. The highest BCUT2D eigenvalue weighted by atomic mass is 32.2. The molecule has 0 saturated heterocycles. The number of anilines is 1. The average molecular weight is 479 g/mol. The van der Waals surface area contributed by atoms with Crippen LogP contribution in [0.15, 0.2) is 54.6 Å². The monoisotopic (exact) mass is 478 g/mol. The fourth-order valence-corrected chi connectivity index (χ4v) is 5.30. The van der Waals surface area contributed by atoms with Gasteiger partial charge < -0.3 is 5.32 Å². The van der Waals surface area contributed by atoms with E-state index in [-0.39, 0.29) is 18.5 Å². The van der Waals surface area contributed by atoms with Gasteiger partial charge in [-0.05, 0) is 92.6 Å². The molecule has 180 valence electrons. The lowest BCUT2D eigenvalue weighted by molar-refractivity contribution is 0.0939. The first kappa shape index (κ1) is 25.5. The molecule has 1 atom stereocenters. The number of carbonyl (C=O) groups excluding carboxylic acids is 1. The maximum atomic E-state index is 12.9. The van der Waals surface area contributed by atoms with E-state index in [9.17, 15) is 13.2 Å². The molecule has 3 aromatic rings. The van der Waals surface area contributed by atoms with E-state index in [1.807, 2.05) is 51.1 Å². The van der Waals surface area contributed by atoms with Crippen molar-refractivity contribution in [1.82, 2.24) is 5.32 Å². The molecule has 1 amide bonds. The summed E-state index contributed by atoms with van der Waals surface area (Å²) in [5.41, 5.74) is 8.53. The van der Waals surface area contributed by atoms with Gasteiger partial charge >= 0.3 is 0 Å². The number of benzene rings is 3. The Bertz CT molecular complexity index is 1290. The van der Waals surface area contributed by atoms with Crippen LogP contribution in [0, 0.1) is 34.6 Å². The Morgan fingerprint density at radius 3 is 1.97 bits per heavy atom. The summed E-state index contributed by atoms with van der Waals surface area (Å²) in [5, 5.41) is 3.08. The number of rotatable bonds is 7. The van der Waals surface area contributed by atoms with Crippen LogP contribution in [-0.2, 0) is 16.6 Å². The predicted octanol–water partition coefficient (Wildman–Crippen LogP) is 5.69. The Balaban J connectivity index is 1.79. The second kappa shape index (κ2) is 10.0. The third-order valence-corrected chi connectivity index (χ3v) is 7.44. The molecule has 0 aliphatic carbocycles. The van der Waals surface area contributed by atoms with Crippen molar-refractivity contribution < 1.29 is 13.2 Å². The summed E-state index contributed by atoms with van der Waals surface area (Å²) in [6.07, 6.45) is 1.22. The quantitative estimate of drug-likeness (QED) is 0.475. The number of carbonyl (C=O) groups is 1. The highest BCUT2D eigenvalue weighted by Crippen LogP contribution is 2.28. The van der Waals surface area contributed by atoms with Gasteiger partial charge in [0.25, 0.3) is 5.91 Å². The van der Waals surface area contributed by atoms with E-state index in [1.54, 1.807) is 12.1 Å². The van der Waals surface area contributed by atoms with Crippen molar-refractivity contribution in [3.63, 3.8) is 0 Å². The minimum absolute atomic E-state index is 0.128. The summed E-state index contributed by atoms with van der Waals surface area (Å²) >= 11 is 0. The molecule has 3 aromatic carbocycles. The third-order valence-electron chi connectivity index (χ3n) is 6.33. The Labute approximate surface area is 203 Å². The van der Waals surface area contributed by atoms with Gasteiger partial charge in [-0.15, -0.1) is 0 Å². The van der Waals surface area contributed by atoms with Crippen molar-refractivity contribution in [2.24, 2.45) is 0 Å². The zero-order valence-corrected chi connectivity index (χ0v) is 21.9. The molecule has 0 bridgehead atoms. The molecule has 0 unspecified atom stereocenters. The summed E-state index contributed by atoms with van der Waals surface area (Å²) in [5.74, 6) is -0.161. The minimum Gasteiger partial charge on any atom is -0.346 e. The van der Waals surface area contributed by atoms with Gasteiger partial charge in [-0.2, -0.15) is 0 Å². The van der Waals surface area contributed by atoms with E-state index >= 15 is 0 Å². The molecule has 0 saturated carbocycles. The number of nitrogens with zero attached hydrogens (tertiary/aromatic N) is 1. The summed E-state index contributed by atoms with van der Waals surface area (Å²) in [4.78, 5) is 12.9. The fourth-order valence-electron chi connectivity index (χ4n) is 4.30. The van der Waals surface area contributed by atoms with Gasteiger partial charge in [0.1, 0.15) is 0 Å². The number of para-hydroxylation sites is 1. The van der Waals surface area contributed by atoms with E-state index in [4.69, 9.17) is 0 Å². The maximum Gasteiger partial charge on any atom is 0.251 e. The number of amides is 1. The van der Waals surface area contributed by atoms with Crippen molar-refractivity contribution in [1.29, 1.82) is 0 Å². The van der Waals surface area contributed by atoms with E-state index < -0.39 is 10.0 Å². The van der Waals surface area contributed by atoms with Crippen LogP contribution < -0.4 is 9.62 Å². The van der Waals surface area contributed by atoms with E-state index in [0.29, 0.717) is 11.3 Å². The van der Waals surface area contributed by atoms with Crippen LogP contribution in [-0.4, -0.2) is 20.6 Å². The maximum absolute atomic E-state index is 12.9. The number of sulfonamides is 1. The van der Waals surface area contributed by atoms with Crippen LogP contribution in [0.3, 0.4) is 0 Å². The van der Waals surface area contributed by atoms with Crippen molar-refractivity contribution >= 4 is 21.6 Å².